The molecular weight excluding hydrogens is 332 g/mol. The topological polar surface area (TPSA) is 37.3 Å². The molecule has 0 amide bonds. The predicted molar refractivity (Wildman–Crippen MR) is 119 cm³/mol. The van der Waals surface area contributed by atoms with Crippen molar-refractivity contribution in [2.24, 2.45) is 0 Å². The van der Waals surface area contributed by atoms with Gasteiger partial charge >= 0.3 is 0 Å². The first kappa shape index (κ1) is 26.6. The molecule has 0 aromatic carbocycles. The van der Waals surface area contributed by atoms with Crippen LogP contribution in [-0.2, 0) is 4.79 Å². The van der Waals surface area contributed by atoms with E-state index < -0.39 is 0 Å². The Balaban J connectivity index is 2.96. The molecule has 0 fully saturated rings. The maximum atomic E-state index is 10.1. The molecule has 27 heavy (non-hydrogen) atoms. The minimum Gasteiger partial charge on any atom is -0.396 e. The van der Waals surface area contributed by atoms with Crippen LogP contribution in [0.2, 0.25) is 0 Å². The molecule has 0 saturated heterocycles. The van der Waals surface area contributed by atoms with Crippen LogP contribution in [0.3, 0.4) is 0 Å². The molecular formula is C25H49O2. The lowest BCUT2D eigenvalue weighted by Crippen LogP contribution is -1.85. The number of aliphatic hydroxyl groups excluding tert-OH is 1. The smallest absolute Gasteiger partial charge is 0.198 e. The van der Waals surface area contributed by atoms with E-state index >= 15 is 0 Å². The quantitative estimate of drug-likeness (QED) is 0.172. The molecule has 2 heteroatoms. The van der Waals surface area contributed by atoms with E-state index in [1.807, 2.05) is 6.29 Å². The maximum absolute atomic E-state index is 10.1. The molecule has 0 unspecified atom stereocenters. The second-order valence-electron chi connectivity index (χ2n) is 8.40. The summed E-state index contributed by atoms with van der Waals surface area (Å²) in [7, 11) is 0. The van der Waals surface area contributed by atoms with E-state index in [4.69, 9.17) is 5.11 Å². The maximum Gasteiger partial charge on any atom is 0.198 e. The Morgan fingerprint density at radius 3 is 0.815 bits per heavy atom. The Labute approximate surface area is 170 Å². The molecule has 0 aliphatic carbocycles. The van der Waals surface area contributed by atoms with Crippen molar-refractivity contribution < 1.29 is 9.90 Å². The lowest BCUT2D eigenvalue weighted by atomic mass is 10.0. The third kappa shape index (κ3) is 25.6. The van der Waals surface area contributed by atoms with Crippen LogP contribution in [0.1, 0.15) is 148 Å². The summed E-state index contributed by atoms with van der Waals surface area (Å²) in [5.41, 5.74) is 0. The molecule has 1 radical (unpaired) electrons. The molecule has 0 aromatic heterocycles. The first-order valence-corrected chi connectivity index (χ1v) is 12.4. The fourth-order valence-electron chi connectivity index (χ4n) is 3.84. The van der Waals surface area contributed by atoms with Crippen LogP contribution in [0, 0.1) is 0 Å². The van der Waals surface area contributed by atoms with E-state index in [2.05, 4.69) is 0 Å². The monoisotopic (exact) mass is 381 g/mol. The molecule has 0 bridgehead atoms. The highest BCUT2D eigenvalue weighted by atomic mass is 16.2. The Morgan fingerprint density at radius 1 is 0.370 bits per heavy atom. The zero-order chi connectivity index (χ0) is 19.7. The molecule has 2 nitrogen and oxygen atoms in total. The first-order chi connectivity index (χ1) is 13.4. The molecule has 0 aliphatic rings. The molecule has 0 spiro atoms. The molecule has 0 heterocycles. The molecule has 161 valence electrons. The number of aliphatic hydroxyl groups is 1. The molecule has 0 atom stereocenters. The summed E-state index contributed by atoms with van der Waals surface area (Å²) in [6.45, 7) is 0.365. The Bertz CT molecular complexity index is 265. The third-order valence-electron chi connectivity index (χ3n) is 5.69. The minimum atomic E-state index is 0.365. The van der Waals surface area contributed by atoms with Crippen molar-refractivity contribution in [1.82, 2.24) is 0 Å². The lowest BCUT2D eigenvalue weighted by molar-refractivity contribution is 0.282. The largest absolute Gasteiger partial charge is 0.396 e. The van der Waals surface area contributed by atoms with E-state index in [0.29, 0.717) is 13.0 Å². The van der Waals surface area contributed by atoms with Crippen molar-refractivity contribution in [2.75, 3.05) is 6.61 Å². The van der Waals surface area contributed by atoms with Gasteiger partial charge in [-0.1, -0.05) is 128 Å². The fourth-order valence-corrected chi connectivity index (χ4v) is 3.84. The number of unbranched alkanes of at least 4 members (excludes halogenated alkanes) is 22. The summed E-state index contributed by atoms with van der Waals surface area (Å²) in [6.07, 6.45) is 32.3. The molecule has 0 rings (SSSR count). The summed E-state index contributed by atoms with van der Waals surface area (Å²) >= 11 is 0. The average molecular weight is 382 g/mol. The highest BCUT2D eigenvalue weighted by molar-refractivity contribution is 5.50. The minimum absolute atomic E-state index is 0.365. The van der Waals surface area contributed by atoms with Crippen LogP contribution >= 0.6 is 0 Å². The number of hydrogen-bond donors (Lipinski definition) is 1. The zero-order valence-corrected chi connectivity index (χ0v) is 18.3. The van der Waals surface area contributed by atoms with Gasteiger partial charge in [0.25, 0.3) is 0 Å². The van der Waals surface area contributed by atoms with Gasteiger partial charge in [0.1, 0.15) is 0 Å². The van der Waals surface area contributed by atoms with Crippen LogP contribution in [0.25, 0.3) is 0 Å². The van der Waals surface area contributed by atoms with Gasteiger partial charge in [0.05, 0.1) is 0 Å². The van der Waals surface area contributed by atoms with Gasteiger partial charge in [-0.3, -0.25) is 4.79 Å². The Hall–Kier alpha value is -0.370. The Morgan fingerprint density at radius 2 is 0.593 bits per heavy atom. The van der Waals surface area contributed by atoms with E-state index in [1.54, 1.807) is 0 Å². The summed E-state index contributed by atoms with van der Waals surface area (Å²) in [6, 6.07) is 0. The fraction of sp³-hybridized carbons (Fsp3) is 0.960. The highest BCUT2D eigenvalue weighted by Crippen LogP contribution is 2.15. The normalized spacial score (nSPS) is 11.1. The van der Waals surface area contributed by atoms with Gasteiger partial charge < -0.3 is 5.11 Å². The van der Waals surface area contributed by atoms with Crippen molar-refractivity contribution in [3.05, 3.63) is 0 Å². The van der Waals surface area contributed by atoms with Crippen LogP contribution in [0.4, 0.5) is 0 Å². The molecule has 1 N–H and O–H groups in total. The summed E-state index contributed by atoms with van der Waals surface area (Å²) in [5, 5.41) is 8.73. The first-order valence-electron chi connectivity index (χ1n) is 12.4. The van der Waals surface area contributed by atoms with Gasteiger partial charge in [-0.15, -0.1) is 0 Å². The van der Waals surface area contributed by atoms with Crippen LogP contribution in [-0.4, -0.2) is 18.0 Å². The van der Waals surface area contributed by atoms with Crippen molar-refractivity contribution in [2.45, 2.75) is 148 Å². The van der Waals surface area contributed by atoms with E-state index in [1.165, 1.54) is 128 Å². The van der Waals surface area contributed by atoms with Crippen LogP contribution < -0.4 is 0 Å². The summed E-state index contributed by atoms with van der Waals surface area (Å²) < 4.78 is 0. The van der Waals surface area contributed by atoms with Crippen LogP contribution in [0.15, 0.2) is 0 Å². The van der Waals surface area contributed by atoms with Crippen molar-refractivity contribution in [3.63, 3.8) is 0 Å². The van der Waals surface area contributed by atoms with Crippen molar-refractivity contribution in [3.8, 4) is 0 Å². The number of hydrogen-bond acceptors (Lipinski definition) is 2. The summed E-state index contributed by atoms with van der Waals surface area (Å²) in [4.78, 5) is 10.1. The van der Waals surface area contributed by atoms with E-state index in [0.717, 1.165) is 12.8 Å². The van der Waals surface area contributed by atoms with Gasteiger partial charge in [-0.05, 0) is 12.8 Å². The van der Waals surface area contributed by atoms with Gasteiger partial charge in [-0.2, -0.15) is 0 Å². The van der Waals surface area contributed by atoms with Gasteiger partial charge in [0, 0.05) is 13.0 Å². The van der Waals surface area contributed by atoms with Gasteiger partial charge in [0.2, 0.25) is 0 Å². The zero-order valence-electron chi connectivity index (χ0n) is 18.3. The molecule has 0 aliphatic heterocycles. The predicted octanol–water partition coefficient (Wildman–Crippen LogP) is 8.06. The van der Waals surface area contributed by atoms with Crippen molar-refractivity contribution >= 4 is 6.29 Å². The lowest BCUT2D eigenvalue weighted by Gasteiger charge is -2.04. The third-order valence-corrected chi connectivity index (χ3v) is 5.69. The standard InChI is InChI=1S/C25H49O2/c26-24-22-20-18-16-14-12-10-8-6-4-2-1-3-5-7-9-11-13-15-17-19-21-23-25-27/h26H,1-24H2. The van der Waals surface area contributed by atoms with Gasteiger partial charge in [-0.25, -0.2) is 0 Å². The second-order valence-corrected chi connectivity index (χ2v) is 8.40. The Kier molecular flexibility index (Phi) is 25.3. The second kappa shape index (κ2) is 25.6. The van der Waals surface area contributed by atoms with Gasteiger partial charge in [0.15, 0.2) is 6.29 Å². The van der Waals surface area contributed by atoms with E-state index in [9.17, 15) is 4.79 Å². The van der Waals surface area contributed by atoms with Crippen molar-refractivity contribution in [1.29, 1.82) is 0 Å². The molecule has 0 aromatic rings. The molecule has 0 saturated carbocycles. The summed E-state index contributed by atoms with van der Waals surface area (Å²) in [5.74, 6) is 0. The average Bonchev–Trinajstić information content (AvgIpc) is 2.68. The number of rotatable bonds is 24. The van der Waals surface area contributed by atoms with Crippen LogP contribution in [0.5, 0.6) is 0 Å². The number of carbonyl (C=O) groups excluding carboxylic acids is 1. The highest BCUT2D eigenvalue weighted by Gasteiger charge is 1.96. The van der Waals surface area contributed by atoms with E-state index in [-0.39, 0.29) is 0 Å². The SMILES string of the molecule is O=[C]CCCCCCCCCCCCCCCCCCCCCCCCO.